The second-order valence-corrected chi connectivity index (χ2v) is 7.99. The Balaban J connectivity index is 1.47. The van der Waals surface area contributed by atoms with Gasteiger partial charge in [0, 0.05) is 27.0 Å². The van der Waals surface area contributed by atoms with Crippen LogP contribution in [0, 0.1) is 0 Å². The number of nitrogens with zero attached hydrogens (tertiary/aromatic N) is 1. The molecule has 8 heteroatoms. The summed E-state index contributed by atoms with van der Waals surface area (Å²) >= 11 is 3.33. The third kappa shape index (κ3) is 4.50. The lowest BCUT2D eigenvalue weighted by atomic mass is 10.1. The van der Waals surface area contributed by atoms with Crippen LogP contribution in [-0.2, 0) is 4.79 Å². The van der Waals surface area contributed by atoms with Crippen LogP contribution >= 0.6 is 15.9 Å². The van der Waals surface area contributed by atoms with Crippen LogP contribution in [0.2, 0.25) is 0 Å². The van der Waals surface area contributed by atoms with Crippen molar-refractivity contribution in [2.24, 2.45) is 5.10 Å². The summed E-state index contributed by atoms with van der Waals surface area (Å²) in [6.45, 7) is 1.67. The zero-order chi connectivity index (χ0) is 22.7. The fraction of sp³-hybridized carbons (Fsp3) is 0.125. The van der Waals surface area contributed by atoms with Crippen LogP contribution in [0.1, 0.15) is 23.7 Å². The van der Waals surface area contributed by atoms with Gasteiger partial charge in [-0.3, -0.25) is 9.59 Å². The van der Waals surface area contributed by atoms with Crippen molar-refractivity contribution in [1.29, 1.82) is 0 Å². The highest BCUT2D eigenvalue weighted by Gasteiger charge is 2.15. The van der Waals surface area contributed by atoms with E-state index < -0.39 is 0 Å². The number of rotatable bonds is 6. The number of para-hydroxylation sites is 1. The summed E-state index contributed by atoms with van der Waals surface area (Å²) in [7, 11) is 1.54. The minimum atomic E-state index is -0.366. The average Bonchev–Trinajstić information content (AvgIpc) is 3.14. The second kappa shape index (κ2) is 9.23. The van der Waals surface area contributed by atoms with Gasteiger partial charge in [0.05, 0.1) is 24.8 Å². The highest BCUT2D eigenvalue weighted by molar-refractivity contribution is 9.10. The maximum absolute atomic E-state index is 12.6. The summed E-state index contributed by atoms with van der Waals surface area (Å²) in [6.07, 6.45) is -0.00242. The first-order chi connectivity index (χ1) is 15.5. The normalized spacial score (nSPS) is 11.5. The van der Waals surface area contributed by atoms with Crippen molar-refractivity contribution in [3.8, 4) is 5.75 Å². The number of carbonyl (C=O) groups excluding carboxylic acids is 2. The lowest BCUT2D eigenvalue weighted by Gasteiger charge is -2.10. The number of ether oxygens (including phenoxy) is 1. The molecule has 7 nitrogen and oxygen atoms in total. The Labute approximate surface area is 192 Å². The molecule has 0 saturated heterocycles. The van der Waals surface area contributed by atoms with Gasteiger partial charge in [0.2, 0.25) is 5.91 Å². The van der Waals surface area contributed by atoms with Crippen molar-refractivity contribution in [3.05, 3.63) is 70.7 Å². The van der Waals surface area contributed by atoms with E-state index in [1.54, 1.807) is 38.3 Å². The predicted molar refractivity (Wildman–Crippen MR) is 128 cm³/mol. The molecule has 1 heterocycles. The van der Waals surface area contributed by atoms with Crippen LogP contribution in [0.15, 0.2) is 74.7 Å². The molecular weight excluding hydrogens is 474 g/mol. The van der Waals surface area contributed by atoms with E-state index in [0.29, 0.717) is 32.8 Å². The van der Waals surface area contributed by atoms with Crippen LogP contribution < -0.4 is 15.5 Å². The van der Waals surface area contributed by atoms with Gasteiger partial charge in [0.25, 0.3) is 5.91 Å². The molecule has 0 unspecified atom stereocenters. The Morgan fingerprint density at radius 3 is 2.56 bits per heavy atom. The molecule has 0 aliphatic heterocycles. The Bertz CT molecular complexity index is 1360. The number of anilines is 1. The summed E-state index contributed by atoms with van der Waals surface area (Å²) in [4.78, 5) is 24.8. The number of fused-ring (bicyclic) bond motifs is 3. The first kappa shape index (κ1) is 21.6. The standard InChI is InChI=1S/C24H20BrN3O4/c1-14(27-28-24(30)16-8-3-5-9-18(16)25)11-23(29)26-19-13-21-17(12-22(19)31-2)15-7-4-6-10-20(15)32-21/h3-10,12-13H,11H2,1-2H3,(H,26,29)(H,28,30). The largest absolute Gasteiger partial charge is 0.495 e. The van der Waals surface area contributed by atoms with Gasteiger partial charge >= 0.3 is 0 Å². The van der Waals surface area contributed by atoms with Gasteiger partial charge in [-0.2, -0.15) is 5.10 Å². The molecule has 162 valence electrons. The van der Waals surface area contributed by atoms with Gasteiger partial charge < -0.3 is 14.5 Å². The fourth-order valence-electron chi connectivity index (χ4n) is 3.34. The number of hydrazone groups is 1. The zero-order valence-corrected chi connectivity index (χ0v) is 19.0. The average molecular weight is 494 g/mol. The van der Waals surface area contributed by atoms with Crippen LogP contribution in [0.3, 0.4) is 0 Å². The van der Waals surface area contributed by atoms with E-state index in [2.05, 4.69) is 31.8 Å². The van der Waals surface area contributed by atoms with Crippen LogP contribution in [0.25, 0.3) is 21.9 Å². The number of hydrogen-bond donors (Lipinski definition) is 2. The van der Waals surface area contributed by atoms with Gasteiger partial charge in [-0.05, 0) is 47.1 Å². The molecule has 0 radical (unpaired) electrons. The Morgan fingerprint density at radius 2 is 1.78 bits per heavy atom. The Hall–Kier alpha value is -3.65. The first-order valence-corrected chi connectivity index (χ1v) is 10.6. The predicted octanol–water partition coefficient (Wildman–Crippen LogP) is 5.49. The van der Waals surface area contributed by atoms with E-state index in [1.165, 1.54) is 0 Å². The van der Waals surface area contributed by atoms with E-state index in [-0.39, 0.29) is 18.2 Å². The van der Waals surface area contributed by atoms with Crippen LogP contribution in [-0.4, -0.2) is 24.6 Å². The third-order valence-corrected chi connectivity index (χ3v) is 5.55. The van der Waals surface area contributed by atoms with Crippen LogP contribution in [0.4, 0.5) is 5.69 Å². The highest BCUT2D eigenvalue weighted by Crippen LogP contribution is 2.36. The van der Waals surface area contributed by atoms with Crippen molar-refractivity contribution < 1.29 is 18.7 Å². The van der Waals surface area contributed by atoms with Gasteiger partial charge in [0.15, 0.2) is 0 Å². The molecule has 0 fully saturated rings. The first-order valence-electron chi connectivity index (χ1n) is 9.83. The summed E-state index contributed by atoms with van der Waals surface area (Å²) < 4.78 is 12.0. The molecular formula is C24H20BrN3O4. The maximum atomic E-state index is 12.6. The Kier molecular flexibility index (Phi) is 6.23. The van der Waals surface area contributed by atoms with Crippen molar-refractivity contribution in [2.75, 3.05) is 12.4 Å². The summed E-state index contributed by atoms with van der Waals surface area (Å²) in [6, 6.07) is 18.3. The molecule has 0 aliphatic carbocycles. The molecule has 32 heavy (non-hydrogen) atoms. The number of methoxy groups -OCH3 is 1. The summed E-state index contributed by atoms with van der Waals surface area (Å²) in [5.41, 5.74) is 5.28. The lowest BCUT2D eigenvalue weighted by molar-refractivity contribution is -0.115. The number of nitrogens with one attached hydrogen (secondary N) is 2. The number of amides is 2. The molecule has 0 spiro atoms. The van der Waals surface area contributed by atoms with Gasteiger partial charge in [-0.1, -0.05) is 30.3 Å². The molecule has 0 aliphatic rings. The van der Waals surface area contributed by atoms with Gasteiger partial charge in [0.1, 0.15) is 16.9 Å². The third-order valence-electron chi connectivity index (χ3n) is 4.86. The lowest BCUT2D eigenvalue weighted by Crippen LogP contribution is -2.22. The number of benzene rings is 3. The summed E-state index contributed by atoms with van der Waals surface area (Å²) in [5, 5.41) is 8.74. The number of furan rings is 1. The van der Waals surface area contributed by atoms with E-state index in [0.717, 1.165) is 16.4 Å². The number of carbonyl (C=O) groups is 2. The quantitative estimate of drug-likeness (QED) is 0.274. The number of hydrogen-bond acceptors (Lipinski definition) is 5. The topological polar surface area (TPSA) is 92.9 Å². The molecule has 3 aromatic carbocycles. The highest BCUT2D eigenvalue weighted by atomic mass is 79.9. The van der Waals surface area contributed by atoms with Crippen molar-refractivity contribution >= 4 is 61.1 Å². The van der Waals surface area contributed by atoms with E-state index in [9.17, 15) is 9.59 Å². The second-order valence-electron chi connectivity index (χ2n) is 7.14. The fourth-order valence-corrected chi connectivity index (χ4v) is 3.80. The zero-order valence-electron chi connectivity index (χ0n) is 17.4. The van der Waals surface area contributed by atoms with E-state index in [1.807, 2.05) is 36.4 Å². The molecule has 0 bridgehead atoms. The van der Waals surface area contributed by atoms with Gasteiger partial charge in [-0.15, -0.1) is 0 Å². The van der Waals surface area contributed by atoms with Crippen molar-refractivity contribution in [3.63, 3.8) is 0 Å². The maximum Gasteiger partial charge on any atom is 0.272 e. The smallest absolute Gasteiger partial charge is 0.272 e. The summed E-state index contributed by atoms with van der Waals surface area (Å²) in [5.74, 6) is -0.140. The molecule has 0 saturated carbocycles. The van der Waals surface area contributed by atoms with Crippen molar-refractivity contribution in [1.82, 2.24) is 5.43 Å². The van der Waals surface area contributed by atoms with Gasteiger partial charge in [-0.25, -0.2) is 5.43 Å². The SMILES string of the molecule is COc1cc2c(cc1NC(=O)CC(C)=NNC(=O)c1ccccc1Br)oc1ccccc12. The van der Waals surface area contributed by atoms with Crippen molar-refractivity contribution in [2.45, 2.75) is 13.3 Å². The van der Waals surface area contributed by atoms with E-state index >= 15 is 0 Å². The molecule has 2 N–H and O–H groups in total. The monoisotopic (exact) mass is 493 g/mol. The van der Waals surface area contributed by atoms with Crippen LogP contribution in [0.5, 0.6) is 5.75 Å². The molecule has 0 atom stereocenters. The minimum absolute atomic E-state index is 0.00242. The Morgan fingerprint density at radius 1 is 1.03 bits per heavy atom. The number of halogens is 1. The van der Waals surface area contributed by atoms with E-state index in [4.69, 9.17) is 9.15 Å². The molecule has 4 aromatic rings. The molecule has 2 amide bonds. The molecule has 4 rings (SSSR count). The molecule has 1 aromatic heterocycles. The minimum Gasteiger partial charge on any atom is -0.495 e.